The lowest BCUT2D eigenvalue weighted by Gasteiger charge is -2.40. The minimum atomic E-state index is -0.233. The van der Waals surface area contributed by atoms with Crippen LogP contribution in [0.2, 0.25) is 0 Å². The molecule has 2 heterocycles. The summed E-state index contributed by atoms with van der Waals surface area (Å²) in [7, 11) is 3.43. The van der Waals surface area contributed by atoms with Crippen LogP contribution in [-0.4, -0.2) is 61.9 Å². The van der Waals surface area contributed by atoms with Crippen LogP contribution in [0, 0.1) is 17.7 Å². The van der Waals surface area contributed by atoms with E-state index in [1.54, 1.807) is 20.3 Å². The zero-order valence-electron chi connectivity index (χ0n) is 25.2. The Labute approximate surface area is 253 Å². The molecule has 43 heavy (non-hydrogen) atoms. The molecule has 3 aromatic carbocycles. The molecule has 2 fully saturated rings. The smallest absolute Gasteiger partial charge is 0.228 e. The fourth-order valence-corrected chi connectivity index (χ4v) is 6.91. The number of carbonyl (C=O) groups is 1. The number of benzene rings is 3. The standard InChI is InChI=1S/C36H42FN3O3/c1-42-18-8-17-39-30(20-31-33(37)13-7-14-34(31)39)23-40(29-15-16-29)36(41)32-22-38-21-28(24-43-2)35(32)27-12-6-11-26(19-27)25-9-4-3-5-10-25/h3-7,9-14,19-20,28-29,32,35,38H,8,15-18,21-24H2,1-2H3/t28-,32-,35-/m0/s1. The van der Waals surface area contributed by atoms with E-state index in [0.29, 0.717) is 38.2 Å². The lowest BCUT2D eigenvalue weighted by Crippen LogP contribution is -2.51. The monoisotopic (exact) mass is 583 g/mol. The normalized spacial score (nSPS) is 20.4. The zero-order valence-corrected chi connectivity index (χ0v) is 25.2. The molecule has 0 unspecified atom stereocenters. The first-order valence-corrected chi connectivity index (χ1v) is 15.5. The van der Waals surface area contributed by atoms with Crippen LogP contribution in [-0.2, 0) is 27.4 Å². The van der Waals surface area contributed by atoms with Gasteiger partial charge in [-0.2, -0.15) is 0 Å². The SMILES string of the molecule is COCCCn1c(CN(C(=O)[C@H]2CNC[C@@H](COC)[C@@H]2c2cccc(-c3ccccc3)c2)C2CC2)cc2c(F)cccc21. The molecule has 0 spiro atoms. The maximum atomic E-state index is 14.9. The number of aromatic nitrogens is 1. The molecule has 3 atom stereocenters. The molecule has 6 rings (SSSR count). The minimum absolute atomic E-state index is 0.0172. The molecule has 1 aliphatic carbocycles. The first kappa shape index (κ1) is 29.5. The van der Waals surface area contributed by atoms with E-state index in [2.05, 4.69) is 63.3 Å². The maximum Gasteiger partial charge on any atom is 0.228 e. The maximum absolute atomic E-state index is 14.9. The fraction of sp³-hybridized carbons (Fsp3) is 0.417. The zero-order chi connectivity index (χ0) is 29.8. The number of nitrogens with one attached hydrogen (secondary N) is 1. The molecule has 1 saturated carbocycles. The first-order chi connectivity index (χ1) is 21.1. The average Bonchev–Trinajstić information content (AvgIpc) is 3.82. The average molecular weight is 584 g/mol. The summed E-state index contributed by atoms with van der Waals surface area (Å²) in [5.41, 5.74) is 5.33. The number of carbonyl (C=O) groups excluding carboxylic acids is 1. The van der Waals surface area contributed by atoms with E-state index in [-0.39, 0.29) is 35.5 Å². The Kier molecular flexibility index (Phi) is 9.22. The van der Waals surface area contributed by atoms with Gasteiger partial charge < -0.3 is 24.3 Å². The molecule has 1 saturated heterocycles. The van der Waals surface area contributed by atoms with Gasteiger partial charge in [-0.1, -0.05) is 60.7 Å². The van der Waals surface area contributed by atoms with E-state index in [1.165, 1.54) is 11.6 Å². The number of hydrogen-bond donors (Lipinski definition) is 1. The van der Waals surface area contributed by atoms with E-state index in [4.69, 9.17) is 9.47 Å². The van der Waals surface area contributed by atoms with Gasteiger partial charge in [0.25, 0.3) is 0 Å². The predicted molar refractivity (Wildman–Crippen MR) is 168 cm³/mol. The van der Waals surface area contributed by atoms with Crippen molar-refractivity contribution in [1.82, 2.24) is 14.8 Å². The summed E-state index contributed by atoms with van der Waals surface area (Å²) >= 11 is 0. The van der Waals surface area contributed by atoms with Gasteiger partial charge in [0.2, 0.25) is 5.91 Å². The van der Waals surface area contributed by atoms with Crippen molar-refractivity contribution in [3.8, 4) is 11.1 Å². The molecule has 7 heteroatoms. The Morgan fingerprint density at radius 1 is 0.953 bits per heavy atom. The summed E-state index contributed by atoms with van der Waals surface area (Å²) in [6.45, 7) is 3.79. The summed E-state index contributed by atoms with van der Waals surface area (Å²) in [5, 5.41) is 4.16. The highest BCUT2D eigenvalue weighted by molar-refractivity contribution is 5.84. The van der Waals surface area contributed by atoms with Crippen molar-refractivity contribution in [2.75, 3.05) is 40.5 Å². The Morgan fingerprint density at radius 3 is 2.51 bits per heavy atom. The Hall–Kier alpha value is -3.52. The van der Waals surface area contributed by atoms with Gasteiger partial charge in [-0.05, 0) is 54.2 Å². The minimum Gasteiger partial charge on any atom is -0.385 e. The van der Waals surface area contributed by atoms with Crippen molar-refractivity contribution in [3.05, 3.63) is 95.9 Å². The van der Waals surface area contributed by atoms with Crippen molar-refractivity contribution in [1.29, 1.82) is 0 Å². The molecule has 226 valence electrons. The summed E-state index contributed by atoms with van der Waals surface area (Å²) in [6, 6.07) is 26.4. The lowest BCUT2D eigenvalue weighted by atomic mass is 9.73. The number of amides is 1. The molecule has 1 aliphatic heterocycles. The van der Waals surface area contributed by atoms with E-state index < -0.39 is 0 Å². The highest BCUT2D eigenvalue weighted by atomic mass is 19.1. The quantitative estimate of drug-likeness (QED) is 0.201. The fourth-order valence-electron chi connectivity index (χ4n) is 6.91. The molecule has 2 aliphatic rings. The number of rotatable bonds is 12. The highest BCUT2D eigenvalue weighted by Gasteiger charge is 2.43. The topological polar surface area (TPSA) is 55.7 Å². The Balaban J connectivity index is 1.34. The first-order valence-electron chi connectivity index (χ1n) is 15.5. The number of halogens is 1. The van der Waals surface area contributed by atoms with Crippen LogP contribution in [0.1, 0.15) is 36.4 Å². The van der Waals surface area contributed by atoms with Crippen molar-refractivity contribution < 1.29 is 18.7 Å². The van der Waals surface area contributed by atoms with Gasteiger partial charge in [-0.3, -0.25) is 4.79 Å². The molecular weight excluding hydrogens is 541 g/mol. The number of aryl methyl sites for hydroxylation is 1. The number of nitrogens with zero attached hydrogens (tertiary/aromatic N) is 2. The second-order valence-corrected chi connectivity index (χ2v) is 12.0. The van der Waals surface area contributed by atoms with Crippen molar-refractivity contribution >= 4 is 16.8 Å². The molecule has 6 nitrogen and oxygen atoms in total. The predicted octanol–water partition coefficient (Wildman–Crippen LogP) is 6.24. The molecular formula is C36H42FN3O3. The third kappa shape index (κ3) is 6.40. The number of fused-ring (bicyclic) bond motifs is 1. The number of ether oxygens (including phenoxy) is 2. The summed E-state index contributed by atoms with van der Waals surface area (Å²) in [5.74, 6) is -0.118. The van der Waals surface area contributed by atoms with Gasteiger partial charge in [-0.15, -0.1) is 0 Å². The van der Waals surface area contributed by atoms with Crippen LogP contribution in [0.4, 0.5) is 4.39 Å². The van der Waals surface area contributed by atoms with E-state index >= 15 is 0 Å². The molecule has 1 aromatic heterocycles. The van der Waals surface area contributed by atoms with Gasteiger partial charge in [0, 0.05) is 69.4 Å². The third-order valence-corrected chi connectivity index (χ3v) is 9.10. The molecule has 1 N–H and O–H groups in total. The van der Waals surface area contributed by atoms with Crippen LogP contribution in [0.15, 0.2) is 78.9 Å². The number of methoxy groups -OCH3 is 2. The van der Waals surface area contributed by atoms with E-state index in [9.17, 15) is 9.18 Å². The van der Waals surface area contributed by atoms with Crippen LogP contribution >= 0.6 is 0 Å². The van der Waals surface area contributed by atoms with Crippen molar-refractivity contribution in [2.24, 2.45) is 11.8 Å². The van der Waals surface area contributed by atoms with Gasteiger partial charge in [-0.25, -0.2) is 4.39 Å². The summed E-state index contributed by atoms with van der Waals surface area (Å²) in [4.78, 5) is 16.7. The van der Waals surface area contributed by atoms with Gasteiger partial charge in [0.05, 0.1) is 24.6 Å². The molecule has 4 aromatic rings. The second-order valence-electron chi connectivity index (χ2n) is 12.0. The summed E-state index contributed by atoms with van der Waals surface area (Å²) < 4.78 is 28.1. The second kappa shape index (κ2) is 13.4. The van der Waals surface area contributed by atoms with E-state index in [0.717, 1.165) is 48.1 Å². The third-order valence-electron chi connectivity index (χ3n) is 9.10. The van der Waals surface area contributed by atoms with Crippen molar-refractivity contribution in [3.63, 3.8) is 0 Å². The molecule has 0 radical (unpaired) electrons. The molecule has 0 bridgehead atoms. The highest BCUT2D eigenvalue weighted by Crippen LogP contribution is 2.40. The van der Waals surface area contributed by atoms with Crippen LogP contribution in [0.3, 0.4) is 0 Å². The van der Waals surface area contributed by atoms with Gasteiger partial charge >= 0.3 is 0 Å². The van der Waals surface area contributed by atoms with Gasteiger partial charge in [0.1, 0.15) is 5.82 Å². The molecule has 1 amide bonds. The lowest BCUT2D eigenvalue weighted by molar-refractivity contribution is -0.139. The van der Waals surface area contributed by atoms with Crippen LogP contribution in [0.5, 0.6) is 0 Å². The number of piperidine rings is 1. The summed E-state index contributed by atoms with van der Waals surface area (Å²) in [6.07, 6.45) is 2.81. The van der Waals surface area contributed by atoms with Crippen molar-refractivity contribution in [2.45, 2.75) is 44.3 Å². The van der Waals surface area contributed by atoms with E-state index in [1.807, 2.05) is 18.2 Å². The largest absolute Gasteiger partial charge is 0.385 e. The Bertz CT molecular complexity index is 1530. The van der Waals surface area contributed by atoms with Crippen LogP contribution in [0.25, 0.3) is 22.0 Å². The Morgan fingerprint density at radius 2 is 1.74 bits per heavy atom. The van der Waals surface area contributed by atoms with Crippen LogP contribution < -0.4 is 5.32 Å². The number of hydrogen-bond acceptors (Lipinski definition) is 4. The van der Waals surface area contributed by atoms with Gasteiger partial charge in [0.15, 0.2) is 0 Å².